The van der Waals surface area contributed by atoms with Crippen LogP contribution in [0.4, 0.5) is 29.2 Å². The zero-order valence-electron chi connectivity index (χ0n) is 21.2. The van der Waals surface area contributed by atoms with Gasteiger partial charge in [0.15, 0.2) is 0 Å². The summed E-state index contributed by atoms with van der Waals surface area (Å²) in [4.78, 5) is 26.5. The average Bonchev–Trinajstić information content (AvgIpc) is 2.84. The van der Waals surface area contributed by atoms with Crippen LogP contribution in [0.1, 0.15) is 45.6 Å². The Morgan fingerprint density at radius 1 is 1.18 bits per heavy atom. The first kappa shape index (κ1) is 28.7. The van der Waals surface area contributed by atoms with Gasteiger partial charge in [0.05, 0.1) is 35.3 Å². The van der Waals surface area contributed by atoms with Gasteiger partial charge >= 0.3 is 6.18 Å². The monoisotopic (exact) mass is 571 g/mol. The molecule has 0 unspecified atom stereocenters. The maximum Gasteiger partial charge on any atom is 0.390 e. The largest absolute Gasteiger partial charge is 0.390 e. The second kappa shape index (κ2) is 11.0. The van der Waals surface area contributed by atoms with Crippen LogP contribution < -0.4 is 21.3 Å². The van der Waals surface area contributed by atoms with E-state index in [4.69, 9.17) is 5.73 Å². The number of hydrogen-bond acceptors (Lipinski definition) is 8. The summed E-state index contributed by atoms with van der Waals surface area (Å²) in [5, 5.41) is 3.67. The highest BCUT2D eigenvalue weighted by Crippen LogP contribution is 2.26. The molecular formula is C24H29F4N7O3S. The number of nitrogens with two attached hydrogens (primary N) is 1. The Balaban J connectivity index is 1.60. The van der Waals surface area contributed by atoms with Crippen molar-refractivity contribution in [1.82, 2.24) is 19.5 Å². The van der Waals surface area contributed by atoms with Crippen LogP contribution in [0.25, 0.3) is 22.3 Å². The summed E-state index contributed by atoms with van der Waals surface area (Å²) in [6.07, 6.45) is -3.11. The summed E-state index contributed by atoms with van der Waals surface area (Å²) >= 11 is 0. The van der Waals surface area contributed by atoms with E-state index < -0.39 is 46.1 Å². The van der Waals surface area contributed by atoms with Crippen LogP contribution in [0.5, 0.6) is 0 Å². The minimum Gasteiger partial charge on any atom is -0.351 e. The van der Waals surface area contributed by atoms with Crippen molar-refractivity contribution in [3.8, 4) is 11.3 Å². The molecule has 15 heteroatoms. The van der Waals surface area contributed by atoms with Crippen LogP contribution in [-0.2, 0) is 10.0 Å². The van der Waals surface area contributed by atoms with E-state index in [-0.39, 0.29) is 41.4 Å². The topological polar surface area (TPSA) is 145 Å². The van der Waals surface area contributed by atoms with Crippen LogP contribution in [-0.4, -0.2) is 58.1 Å². The van der Waals surface area contributed by atoms with Gasteiger partial charge in [0, 0.05) is 36.1 Å². The Labute approximate surface area is 222 Å². The quantitative estimate of drug-likeness (QED) is 0.347. The molecule has 0 saturated heterocycles. The van der Waals surface area contributed by atoms with Gasteiger partial charge in [0.1, 0.15) is 11.8 Å². The highest BCUT2D eigenvalue weighted by molar-refractivity contribution is 7.92. The van der Waals surface area contributed by atoms with Crippen molar-refractivity contribution in [2.24, 2.45) is 5.73 Å². The van der Waals surface area contributed by atoms with Crippen LogP contribution in [0, 0.1) is 0 Å². The third-order valence-corrected chi connectivity index (χ3v) is 7.70. The molecule has 0 amide bonds. The molecule has 1 aliphatic rings. The van der Waals surface area contributed by atoms with Gasteiger partial charge in [-0.05, 0) is 44.9 Å². The fourth-order valence-corrected chi connectivity index (χ4v) is 5.48. The lowest BCUT2D eigenvalue weighted by Gasteiger charge is -2.29. The molecule has 3 aromatic rings. The fraction of sp³-hybridized carbons (Fsp3) is 0.500. The summed E-state index contributed by atoms with van der Waals surface area (Å²) in [7, 11) is -4.25. The number of pyridine rings is 2. The summed E-state index contributed by atoms with van der Waals surface area (Å²) in [5.74, 6) is -0.862. The van der Waals surface area contributed by atoms with Gasteiger partial charge < -0.3 is 11.1 Å². The Kier molecular flexibility index (Phi) is 8.12. The van der Waals surface area contributed by atoms with E-state index in [0.29, 0.717) is 23.9 Å². The number of fused-ring (bicyclic) bond motifs is 1. The highest BCUT2D eigenvalue weighted by Gasteiger charge is 2.30. The van der Waals surface area contributed by atoms with Crippen LogP contribution in [0.15, 0.2) is 35.4 Å². The molecule has 0 aliphatic heterocycles. The molecule has 3 heterocycles. The second-order valence-electron chi connectivity index (χ2n) is 9.85. The van der Waals surface area contributed by atoms with Crippen molar-refractivity contribution >= 4 is 32.7 Å². The SMILES string of the molecule is CC(C)n1c(=O)c(-c2ccc(NS(=O)(=O)CCC(F)(F)F)cn2)cc2cnc(N[C@H]3CC[C@H](N)[C@H](F)C3)nc21. The Bertz CT molecular complexity index is 1490. The van der Waals surface area contributed by atoms with Crippen molar-refractivity contribution < 1.29 is 26.0 Å². The maximum absolute atomic E-state index is 14.1. The molecule has 0 spiro atoms. The Morgan fingerprint density at radius 3 is 2.54 bits per heavy atom. The summed E-state index contributed by atoms with van der Waals surface area (Å²) in [6.45, 7) is 3.62. The summed E-state index contributed by atoms with van der Waals surface area (Å²) in [5.41, 5.74) is 6.12. The number of anilines is 2. The minimum atomic E-state index is -4.61. The second-order valence-corrected chi connectivity index (χ2v) is 11.7. The fourth-order valence-electron chi connectivity index (χ4n) is 4.40. The number of nitrogens with one attached hydrogen (secondary N) is 2. The molecule has 10 nitrogen and oxygen atoms in total. The molecule has 4 N–H and O–H groups in total. The number of hydrogen-bond donors (Lipinski definition) is 3. The lowest BCUT2D eigenvalue weighted by atomic mass is 9.90. The normalized spacial score (nSPS) is 20.4. The molecule has 1 saturated carbocycles. The van der Waals surface area contributed by atoms with Gasteiger partial charge in [-0.1, -0.05) is 0 Å². The van der Waals surface area contributed by atoms with Crippen molar-refractivity contribution in [2.45, 2.75) is 70.0 Å². The third-order valence-electron chi connectivity index (χ3n) is 6.41. The van der Waals surface area contributed by atoms with Crippen LogP contribution in [0.2, 0.25) is 0 Å². The molecule has 0 bridgehead atoms. The molecule has 0 radical (unpaired) electrons. The maximum atomic E-state index is 14.1. The lowest BCUT2D eigenvalue weighted by Crippen LogP contribution is -2.42. The first-order valence-corrected chi connectivity index (χ1v) is 14.0. The number of sulfonamides is 1. The van der Waals surface area contributed by atoms with Crippen molar-refractivity contribution in [3.05, 3.63) is 40.9 Å². The molecule has 39 heavy (non-hydrogen) atoms. The van der Waals surface area contributed by atoms with E-state index >= 15 is 0 Å². The first-order valence-electron chi connectivity index (χ1n) is 12.3. The third kappa shape index (κ3) is 7.01. The van der Waals surface area contributed by atoms with Crippen LogP contribution in [0.3, 0.4) is 0 Å². The van der Waals surface area contributed by atoms with Gasteiger partial charge in [-0.2, -0.15) is 18.2 Å². The zero-order chi connectivity index (χ0) is 28.5. The number of alkyl halides is 4. The van der Waals surface area contributed by atoms with Gasteiger partial charge in [-0.3, -0.25) is 19.1 Å². The van der Waals surface area contributed by atoms with E-state index in [2.05, 4.69) is 25.0 Å². The first-order chi connectivity index (χ1) is 18.2. The van der Waals surface area contributed by atoms with Gasteiger partial charge in [0.25, 0.3) is 5.56 Å². The smallest absolute Gasteiger partial charge is 0.351 e. The molecule has 212 valence electrons. The lowest BCUT2D eigenvalue weighted by molar-refractivity contribution is -0.129. The highest BCUT2D eigenvalue weighted by atomic mass is 32.2. The van der Waals surface area contributed by atoms with Crippen molar-refractivity contribution in [2.75, 3.05) is 15.8 Å². The summed E-state index contributed by atoms with van der Waals surface area (Å²) in [6, 6.07) is 3.30. The molecule has 1 fully saturated rings. The molecule has 3 atom stereocenters. The van der Waals surface area contributed by atoms with Gasteiger partial charge in [-0.25, -0.2) is 17.8 Å². The number of halogens is 4. The Morgan fingerprint density at radius 2 is 1.92 bits per heavy atom. The number of aromatic nitrogens is 4. The minimum absolute atomic E-state index is 0.0378. The van der Waals surface area contributed by atoms with Crippen molar-refractivity contribution in [3.63, 3.8) is 0 Å². The van der Waals surface area contributed by atoms with E-state index in [0.717, 1.165) is 6.20 Å². The van der Waals surface area contributed by atoms with E-state index in [1.807, 2.05) is 13.8 Å². The van der Waals surface area contributed by atoms with Crippen LogP contribution >= 0.6 is 0 Å². The Hall–Kier alpha value is -3.33. The average molecular weight is 572 g/mol. The standard InChI is InChI=1S/C24H29F4N7O3S/c1-13(2)35-21-14(11-31-23(33-21)32-15-3-5-19(29)18(25)10-15)9-17(22(35)36)20-6-4-16(12-30-20)34-39(37,38)8-7-24(26,27)28/h4,6,9,11-13,15,18-19,34H,3,5,7-8,10,29H2,1-2H3,(H,31,32,33)/t15-,18+,19-/m0/s1. The van der Waals surface area contributed by atoms with E-state index in [9.17, 15) is 30.8 Å². The van der Waals surface area contributed by atoms with E-state index in [1.54, 1.807) is 6.07 Å². The predicted octanol–water partition coefficient (Wildman–Crippen LogP) is 3.76. The van der Waals surface area contributed by atoms with Gasteiger partial charge in [0.2, 0.25) is 16.0 Å². The predicted molar refractivity (Wildman–Crippen MR) is 140 cm³/mol. The number of rotatable bonds is 8. The number of nitrogens with zero attached hydrogens (tertiary/aromatic N) is 4. The molecule has 0 aromatic carbocycles. The molecule has 4 rings (SSSR count). The zero-order valence-corrected chi connectivity index (χ0v) is 22.1. The van der Waals surface area contributed by atoms with E-state index in [1.165, 1.54) is 22.9 Å². The van der Waals surface area contributed by atoms with Gasteiger partial charge in [-0.15, -0.1) is 0 Å². The molecule has 3 aromatic heterocycles. The molecular weight excluding hydrogens is 542 g/mol. The molecule has 1 aliphatic carbocycles. The summed E-state index contributed by atoms with van der Waals surface area (Å²) < 4.78 is 78.7. The van der Waals surface area contributed by atoms with Crippen molar-refractivity contribution in [1.29, 1.82) is 0 Å².